The topological polar surface area (TPSA) is 82.5 Å². The Bertz CT molecular complexity index is 1560. The van der Waals surface area contributed by atoms with Crippen LogP contribution in [0.15, 0.2) is 66.7 Å². The minimum Gasteiger partial charge on any atom is -0.428 e. The van der Waals surface area contributed by atoms with Crippen LogP contribution in [0.2, 0.25) is 0 Å². The fraction of sp³-hybridized carbons (Fsp3) is 0.417. The van der Waals surface area contributed by atoms with Gasteiger partial charge in [-0.2, -0.15) is 0 Å². The highest BCUT2D eigenvalue weighted by atomic mass is 16.7. The van der Waals surface area contributed by atoms with Gasteiger partial charge in [-0.05, 0) is 75.4 Å². The summed E-state index contributed by atoms with van der Waals surface area (Å²) in [5, 5.41) is 3.18. The minimum atomic E-state index is -0.725. The summed E-state index contributed by atoms with van der Waals surface area (Å²) in [5.41, 5.74) is 5.03. The number of hydrogen-bond donors (Lipinski definition) is 1. The van der Waals surface area contributed by atoms with Crippen LogP contribution in [0.5, 0.6) is 5.75 Å². The van der Waals surface area contributed by atoms with Gasteiger partial charge < -0.3 is 19.4 Å². The van der Waals surface area contributed by atoms with Crippen molar-refractivity contribution < 1.29 is 19.1 Å². The van der Waals surface area contributed by atoms with E-state index in [4.69, 9.17) is 14.5 Å². The second-order valence-corrected chi connectivity index (χ2v) is 12.5. The summed E-state index contributed by atoms with van der Waals surface area (Å²) in [7, 11) is 0. The van der Waals surface area contributed by atoms with Crippen molar-refractivity contribution in [2.45, 2.75) is 91.2 Å². The van der Waals surface area contributed by atoms with Crippen LogP contribution in [0, 0.1) is 5.92 Å². The molecule has 226 valence electrons. The number of anilines is 1. The molecule has 5 rings (SSSR count). The molecule has 3 aromatic carbocycles. The first-order valence-electron chi connectivity index (χ1n) is 15.6. The molecular weight excluding hydrogens is 538 g/mol. The maximum atomic E-state index is 13.0. The van der Waals surface area contributed by atoms with Crippen molar-refractivity contribution in [3.63, 3.8) is 0 Å². The molecule has 7 nitrogen and oxygen atoms in total. The maximum absolute atomic E-state index is 13.0. The highest BCUT2D eigenvalue weighted by molar-refractivity contribution is 5.94. The fourth-order valence-electron chi connectivity index (χ4n) is 5.69. The van der Waals surface area contributed by atoms with Crippen LogP contribution in [0.3, 0.4) is 0 Å². The van der Waals surface area contributed by atoms with Gasteiger partial charge in [0.1, 0.15) is 17.2 Å². The molecule has 1 heterocycles. The number of amides is 1. The summed E-state index contributed by atoms with van der Waals surface area (Å²) >= 11 is 0. The second kappa shape index (κ2) is 13.4. The first-order chi connectivity index (χ1) is 20.7. The Morgan fingerprint density at radius 1 is 0.977 bits per heavy atom. The lowest BCUT2D eigenvalue weighted by Crippen LogP contribution is -2.26. The van der Waals surface area contributed by atoms with E-state index in [-0.39, 0.29) is 11.8 Å². The SMILES string of the molecule is CCCCc1nc2ccc(NC(=O)C3CCCCC3)cc2n1Cc1ccc(-c2ccccc2OC(=O)OC(C)(C)C)cc1. The van der Waals surface area contributed by atoms with E-state index >= 15 is 0 Å². The van der Waals surface area contributed by atoms with E-state index in [1.807, 2.05) is 63.2 Å². The number of aromatic nitrogens is 2. The van der Waals surface area contributed by atoms with Crippen LogP contribution >= 0.6 is 0 Å². The molecule has 0 atom stereocenters. The number of para-hydroxylation sites is 1. The number of nitrogens with zero attached hydrogens (tertiary/aromatic N) is 2. The molecule has 1 amide bonds. The zero-order valence-corrected chi connectivity index (χ0v) is 25.8. The van der Waals surface area contributed by atoms with E-state index in [9.17, 15) is 9.59 Å². The Labute approximate surface area is 254 Å². The Kier molecular flexibility index (Phi) is 9.49. The highest BCUT2D eigenvalue weighted by Gasteiger charge is 2.22. The Balaban J connectivity index is 1.38. The predicted octanol–water partition coefficient (Wildman–Crippen LogP) is 8.93. The number of fused-ring (bicyclic) bond motifs is 1. The number of nitrogens with one attached hydrogen (secondary N) is 1. The number of rotatable bonds is 9. The Hall–Kier alpha value is -4.13. The summed E-state index contributed by atoms with van der Waals surface area (Å²) in [6.45, 7) is 8.28. The zero-order valence-electron chi connectivity index (χ0n) is 25.8. The lowest BCUT2D eigenvalue weighted by atomic mass is 9.88. The van der Waals surface area contributed by atoms with E-state index in [1.54, 1.807) is 6.07 Å². The smallest absolute Gasteiger partial charge is 0.428 e. The Morgan fingerprint density at radius 2 is 1.72 bits per heavy atom. The van der Waals surface area contributed by atoms with Gasteiger partial charge >= 0.3 is 6.16 Å². The standard InChI is InChI=1S/C36H43N3O4/c1-5-6-16-33-38-30-22-21-28(37-34(40)27-12-8-7-9-13-27)23-31(30)39(33)24-25-17-19-26(20-18-25)29-14-10-11-15-32(29)42-35(41)43-36(2,3)4/h10-11,14-15,17-23,27H,5-9,12-13,16,24H2,1-4H3,(H,37,40). The summed E-state index contributed by atoms with van der Waals surface area (Å²) in [6, 6.07) is 21.8. The van der Waals surface area contributed by atoms with Crippen molar-refractivity contribution in [1.29, 1.82) is 0 Å². The van der Waals surface area contributed by atoms with Crippen LogP contribution in [-0.4, -0.2) is 27.2 Å². The van der Waals surface area contributed by atoms with E-state index < -0.39 is 11.8 Å². The third-order valence-corrected chi connectivity index (χ3v) is 7.90. The van der Waals surface area contributed by atoms with Gasteiger partial charge in [0.25, 0.3) is 0 Å². The molecule has 0 unspecified atom stereocenters. The minimum absolute atomic E-state index is 0.104. The number of carbonyl (C=O) groups excluding carboxylic acids is 2. The van der Waals surface area contributed by atoms with Gasteiger partial charge in [-0.1, -0.05) is 75.1 Å². The average Bonchev–Trinajstić information content (AvgIpc) is 3.32. The van der Waals surface area contributed by atoms with Gasteiger partial charge in [0.05, 0.1) is 11.0 Å². The highest BCUT2D eigenvalue weighted by Crippen LogP contribution is 2.32. The molecule has 0 spiro atoms. The largest absolute Gasteiger partial charge is 0.514 e. The van der Waals surface area contributed by atoms with Crippen LogP contribution in [-0.2, 0) is 22.5 Å². The number of aryl methyl sites for hydroxylation is 1. The molecule has 0 saturated heterocycles. The van der Waals surface area contributed by atoms with Crippen molar-refractivity contribution in [3.8, 4) is 16.9 Å². The molecule has 0 aliphatic heterocycles. The van der Waals surface area contributed by atoms with E-state index in [2.05, 4.69) is 35.0 Å². The van der Waals surface area contributed by atoms with E-state index in [0.29, 0.717) is 12.3 Å². The molecule has 0 radical (unpaired) electrons. The average molecular weight is 582 g/mol. The summed E-state index contributed by atoms with van der Waals surface area (Å²) < 4.78 is 13.2. The third kappa shape index (κ3) is 7.83. The summed E-state index contributed by atoms with van der Waals surface area (Å²) in [5.74, 6) is 1.73. The lowest BCUT2D eigenvalue weighted by Gasteiger charge is -2.20. The fourth-order valence-corrected chi connectivity index (χ4v) is 5.69. The molecule has 1 aliphatic carbocycles. The van der Waals surface area contributed by atoms with Crippen molar-refractivity contribution in [3.05, 3.63) is 78.1 Å². The normalized spacial score (nSPS) is 14.0. The summed E-state index contributed by atoms with van der Waals surface area (Å²) in [4.78, 5) is 30.3. The predicted molar refractivity (Wildman–Crippen MR) is 171 cm³/mol. The first-order valence-corrected chi connectivity index (χ1v) is 15.6. The van der Waals surface area contributed by atoms with Crippen molar-refractivity contribution in [1.82, 2.24) is 9.55 Å². The molecule has 1 fully saturated rings. The first kappa shape index (κ1) is 30.3. The van der Waals surface area contributed by atoms with E-state index in [1.165, 1.54) is 6.42 Å². The summed E-state index contributed by atoms with van der Waals surface area (Å²) in [6.07, 6.45) is 7.75. The molecule has 1 aromatic heterocycles. The molecule has 1 aliphatic rings. The lowest BCUT2D eigenvalue weighted by molar-refractivity contribution is -0.120. The zero-order chi connectivity index (χ0) is 30.4. The number of imidazole rings is 1. The van der Waals surface area contributed by atoms with Gasteiger partial charge in [0.2, 0.25) is 5.91 Å². The Morgan fingerprint density at radius 3 is 2.44 bits per heavy atom. The number of hydrogen-bond acceptors (Lipinski definition) is 5. The van der Waals surface area contributed by atoms with Gasteiger partial charge in [0.15, 0.2) is 0 Å². The van der Waals surface area contributed by atoms with Gasteiger partial charge in [0, 0.05) is 30.1 Å². The molecule has 1 N–H and O–H groups in total. The van der Waals surface area contributed by atoms with Gasteiger partial charge in [-0.3, -0.25) is 4.79 Å². The molecule has 43 heavy (non-hydrogen) atoms. The molecule has 7 heteroatoms. The van der Waals surface area contributed by atoms with Crippen molar-refractivity contribution in [2.24, 2.45) is 5.92 Å². The molecule has 0 bridgehead atoms. The number of benzene rings is 3. The van der Waals surface area contributed by atoms with Crippen LogP contribution in [0.4, 0.5) is 10.5 Å². The van der Waals surface area contributed by atoms with Crippen molar-refractivity contribution in [2.75, 3.05) is 5.32 Å². The van der Waals surface area contributed by atoms with Crippen LogP contribution in [0.25, 0.3) is 22.2 Å². The quantitative estimate of drug-likeness (QED) is 0.158. The van der Waals surface area contributed by atoms with Gasteiger partial charge in [-0.25, -0.2) is 9.78 Å². The molecule has 1 saturated carbocycles. The number of unbranched alkanes of at least 4 members (excludes halogenated alkanes) is 1. The second-order valence-electron chi connectivity index (χ2n) is 12.5. The van der Waals surface area contributed by atoms with Crippen LogP contribution in [0.1, 0.15) is 84.0 Å². The van der Waals surface area contributed by atoms with E-state index in [0.717, 1.165) is 84.2 Å². The monoisotopic (exact) mass is 581 g/mol. The third-order valence-electron chi connectivity index (χ3n) is 7.90. The molecular formula is C36H43N3O4. The molecule has 4 aromatic rings. The maximum Gasteiger partial charge on any atom is 0.514 e. The van der Waals surface area contributed by atoms with Crippen LogP contribution < -0.4 is 10.1 Å². The van der Waals surface area contributed by atoms with Gasteiger partial charge in [-0.15, -0.1) is 0 Å². The van der Waals surface area contributed by atoms with Crippen molar-refractivity contribution >= 4 is 28.8 Å². The number of carbonyl (C=O) groups is 2. The number of ether oxygens (including phenoxy) is 2.